The number of hydrogen-bond acceptors (Lipinski definition) is 4. The molecule has 0 atom stereocenters. The van der Waals surface area contributed by atoms with E-state index in [1.54, 1.807) is 13.1 Å². The Hall–Kier alpha value is -3.47. The molecule has 0 fully saturated rings. The average Bonchev–Trinajstić information content (AvgIpc) is 3.20. The molecule has 4 rings (SSSR count). The van der Waals surface area contributed by atoms with Crippen LogP contribution in [-0.4, -0.2) is 26.2 Å². The van der Waals surface area contributed by atoms with Crippen LogP contribution in [0.25, 0.3) is 0 Å². The number of para-hydroxylation sites is 1. The molecule has 0 aromatic heterocycles. The number of hydrogen-bond donors (Lipinski definition) is 2. The van der Waals surface area contributed by atoms with Crippen molar-refractivity contribution in [3.05, 3.63) is 83.4 Å². The minimum atomic E-state index is -0.0985. The van der Waals surface area contributed by atoms with Gasteiger partial charge in [-0.2, -0.15) is 0 Å². The Morgan fingerprint density at radius 2 is 1.87 bits per heavy atom. The lowest BCUT2D eigenvalue weighted by Gasteiger charge is -2.21. The highest BCUT2D eigenvalue weighted by Gasteiger charge is 2.17. The average molecular weight is 402 g/mol. The summed E-state index contributed by atoms with van der Waals surface area (Å²) in [5.41, 5.74) is 5.35. The summed E-state index contributed by atoms with van der Waals surface area (Å²) in [6, 6.07) is 22.1. The van der Waals surface area contributed by atoms with Crippen LogP contribution in [0.2, 0.25) is 0 Å². The molecular formula is C25H27N3O2. The van der Waals surface area contributed by atoms with Gasteiger partial charge in [0.2, 0.25) is 0 Å². The molecule has 2 N–H and O–H groups in total. The Labute approximate surface area is 177 Å². The van der Waals surface area contributed by atoms with E-state index >= 15 is 0 Å². The van der Waals surface area contributed by atoms with Crippen molar-refractivity contribution in [1.82, 2.24) is 5.32 Å². The van der Waals surface area contributed by atoms with E-state index in [0.29, 0.717) is 11.3 Å². The molecule has 5 nitrogen and oxygen atoms in total. The van der Waals surface area contributed by atoms with E-state index in [0.717, 1.165) is 43.1 Å². The largest absolute Gasteiger partial charge is 0.457 e. The van der Waals surface area contributed by atoms with Gasteiger partial charge in [0, 0.05) is 36.6 Å². The van der Waals surface area contributed by atoms with E-state index in [4.69, 9.17) is 4.74 Å². The molecule has 0 saturated heterocycles. The molecule has 1 aliphatic rings. The quantitative estimate of drug-likeness (QED) is 0.595. The molecule has 1 heterocycles. The van der Waals surface area contributed by atoms with Crippen LogP contribution in [0.3, 0.4) is 0 Å². The zero-order chi connectivity index (χ0) is 20.9. The van der Waals surface area contributed by atoms with Crippen LogP contribution in [0.15, 0.2) is 66.7 Å². The van der Waals surface area contributed by atoms with Crippen molar-refractivity contribution in [3.8, 4) is 11.5 Å². The fourth-order valence-corrected chi connectivity index (χ4v) is 3.84. The van der Waals surface area contributed by atoms with Crippen molar-refractivity contribution in [2.45, 2.75) is 19.8 Å². The highest BCUT2D eigenvalue weighted by molar-refractivity contribution is 5.96. The maximum absolute atomic E-state index is 12.2. The first-order chi connectivity index (χ1) is 14.7. The van der Waals surface area contributed by atoms with Crippen LogP contribution in [0.4, 0.5) is 11.4 Å². The number of fused-ring (bicyclic) bond motifs is 1. The Kier molecular flexibility index (Phi) is 5.89. The number of amides is 1. The van der Waals surface area contributed by atoms with Gasteiger partial charge in [-0.05, 0) is 54.3 Å². The van der Waals surface area contributed by atoms with Crippen LogP contribution >= 0.6 is 0 Å². The Balaban J connectivity index is 1.45. The Morgan fingerprint density at radius 1 is 1.03 bits per heavy atom. The van der Waals surface area contributed by atoms with Crippen molar-refractivity contribution in [2.75, 3.05) is 30.5 Å². The van der Waals surface area contributed by atoms with E-state index in [9.17, 15) is 4.79 Å². The summed E-state index contributed by atoms with van der Waals surface area (Å²) < 4.78 is 6.05. The van der Waals surface area contributed by atoms with Crippen LogP contribution in [0, 0.1) is 0 Å². The highest BCUT2D eigenvalue weighted by atomic mass is 16.5. The zero-order valence-corrected chi connectivity index (χ0v) is 17.4. The zero-order valence-electron chi connectivity index (χ0n) is 17.4. The lowest BCUT2D eigenvalue weighted by atomic mass is 10.0. The number of carbonyl (C=O) groups excluding carboxylic acids is 1. The van der Waals surface area contributed by atoms with Crippen molar-refractivity contribution < 1.29 is 9.53 Å². The summed E-state index contributed by atoms with van der Waals surface area (Å²) in [5, 5.41) is 6.19. The van der Waals surface area contributed by atoms with Gasteiger partial charge in [-0.15, -0.1) is 0 Å². The lowest BCUT2D eigenvalue weighted by Crippen LogP contribution is -2.27. The third-order valence-corrected chi connectivity index (χ3v) is 5.46. The summed E-state index contributed by atoms with van der Waals surface area (Å²) in [7, 11) is 1.64. The molecule has 0 spiro atoms. The van der Waals surface area contributed by atoms with Crippen LogP contribution < -0.4 is 20.3 Å². The Bertz CT molecular complexity index is 1050. The second-order valence-corrected chi connectivity index (χ2v) is 7.36. The molecule has 0 aliphatic carbocycles. The topological polar surface area (TPSA) is 53.6 Å². The fourth-order valence-electron chi connectivity index (χ4n) is 3.84. The molecule has 30 heavy (non-hydrogen) atoms. The van der Waals surface area contributed by atoms with Crippen molar-refractivity contribution in [3.63, 3.8) is 0 Å². The molecule has 154 valence electrons. The van der Waals surface area contributed by atoms with Gasteiger partial charge in [-0.25, -0.2) is 0 Å². The number of rotatable bonds is 7. The molecule has 5 heteroatoms. The molecule has 1 aliphatic heterocycles. The van der Waals surface area contributed by atoms with E-state index in [2.05, 4.69) is 39.8 Å². The van der Waals surface area contributed by atoms with Gasteiger partial charge in [0.05, 0.1) is 6.67 Å². The second kappa shape index (κ2) is 8.91. The third kappa shape index (κ3) is 4.25. The van der Waals surface area contributed by atoms with Crippen LogP contribution in [-0.2, 0) is 12.8 Å². The molecule has 0 bridgehead atoms. The van der Waals surface area contributed by atoms with Gasteiger partial charge in [0.15, 0.2) is 0 Å². The first-order valence-electron chi connectivity index (χ1n) is 10.4. The monoisotopic (exact) mass is 401 g/mol. The number of aryl methyl sites for hydroxylation is 1. The van der Waals surface area contributed by atoms with Gasteiger partial charge in [-0.1, -0.05) is 37.3 Å². The van der Waals surface area contributed by atoms with Crippen molar-refractivity contribution in [1.29, 1.82) is 0 Å². The molecular weight excluding hydrogens is 374 g/mol. The van der Waals surface area contributed by atoms with Gasteiger partial charge < -0.3 is 20.3 Å². The van der Waals surface area contributed by atoms with E-state index in [1.807, 2.05) is 43.3 Å². The molecule has 1 amide bonds. The van der Waals surface area contributed by atoms with E-state index < -0.39 is 0 Å². The molecule has 0 unspecified atom stereocenters. The van der Waals surface area contributed by atoms with Crippen molar-refractivity contribution >= 4 is 17.3 Å². The van der Waals surface area contributed by atoms with Crippen LogP contribution in [0.1, 0.15) is 28.4 Å². The standard InChI is InChI=1S/C25H27N3O2/c1-3-18-11-12-22(16-23(18)25(29)26-2)30-21-9-6-8-20(15-21)27-17-28-14-13-19-7-4-5-10-24(19)28/h4-12,15-16,27H,3,13-14,17H2,1-2H3,(H,26,29). The first-order valence-corrected chi connectivity index (χ1v) is 10.4. The summed E-state index contributed by atoms with van der Waals surface area (Å²) in [5.74, 6) is 1.28. The minimum absolute atomic E-state index is 0.0985. The van der Waals surface area contributed by atoms with Gasteiger partial charge in [0.1, 0.15) is 11.5 Å². The number of benzene rings is 3. The number of nitrogens with zero attached hydrogens (tertiary/aromatic N) is 1. The number of ether oxygens (including phenoxy) is 1. The second-order valence-electron chi connectivity index (χ2n) is 7.36. The molecule has 0 radical (unpaired) electrons. The maximum atomic E-state index is 12.2. The summed E-state index contributed by atoms with van der Waals surface area (Å²) in [6.45, 7) is 3.80. The predicted molar refractivity (Wildman–Crippen MR) is 122 cm³/mol. The summed E-state index contributed by atoms with van der Waals surface area (Å²) in [4.78, 5) is 14.5. The van der Waals surface area contributed by atoms with Gasteiger partial charge >= 0.3 is 0 Å². The van der Waals surface area contributed by atoms with Gasteiger partial charge in [0.25, 0.3) is 5.91 Å². The normalized spacial score (nSPS) is 12.4. The Morgan fingerprint density at radius 3 is 2.70 bits per heavy atom. The number of carbonyl (C=O) groups is 1. The summed E-state index contributed by atoms with van der Waals surface area (Å²) in [6.07, 6.45) is 1.88. The lowest BCUT2D eigenvalue weighted by molar-refractivity contribution is 0.0962. The van der Waals surface area contributed by atoms with Crippen LogP contribution in [0.5, 0.6) is 11.5 Å². The first kappa shape index (κ1) is 19.8. The van der Waals surface area contributed by atoms with E-state index in [1.165, 1.54) is 11.3 Å². The predicted octanol–water partition coefficient (Wildman–Crippen LogP) is 4.83. The molecule has 3 aromatic rings. The maximum Gasteiger partial charge on any atom is 0.251 e. The van der Waals surface area contributed by atoms with Crippen molar-refractivity contribution in [2.24, 2.45) is 0 Å². The fraction of sp³-hybridized carbons (Fsp3) is 0.240. The smallest absolute Gasteiger partial charge is 0.251 e. The molecule has 0 saturated carbocycles. The number of anilines is 2. The highest BCUT2D eigenvalue weighted by Crippen LogP contribution is 2.29. The number of nitrogens with one attached hydrogen (secondary N) is 2. The summed E-state index contributed by atoms with van der Waals surface area (Å²) >= 11 is 0. The van der Waals surface area contributed by atoms with Gasteiger partial charge in [-0.3, -0.25) is 4.79 Å². The third-order valence-electron chi connectivity index (χ3n) is 5.46. The SMILES string of the molecule is CCc1ccc(Oc2cccc(NCN3CCc4ccccc43)c2)cc1C(=O)NC. The minimum Gasteiger partial charge on any atom is -0.457 e. The molecule has 3 aromatic carbocycles. The van der Waals surface area contributed by atoms with E-state index in [-0.39, 0.29) is 5.91 Å².